The van der Waals surface area contributed by atoms with E-state index in [9.17, 15) is 14.4 Å². The lowest BCUT2D eigenvalue weighted by Crippen LogP contribution is -2.13. The molecule has 0 radical (unpaired) electrons. The van der Waals surface area contributed by atoms with Gasteiger partial charge in [0, 0.05) is 15.7 Å². The minimum Gasteiger partial charge on any atom is -0.490 e. The summed E-state index contributed by atoms with van der Waals surface area (Å²) < 4.78 is 26.6. The number of nitrogens with one attached hydrogen (secondary N) is 1. The molecule has 8 heteroatoms. The third kappa shape index (κ3) is 6.79. The molecule has 0 heterocycles. The number of hydrogen-bond acceptors (Lipinski definition) is 4. The van der Waals surface area contributed by atoms with E-state index in [2.05, 4.69) is 43.8 Å². The van der Waals surface area contributed by atoms with Gasteiger partial charge in [0.15, 0.2) is 11.5 Å². The van der Waals surface area contributed by atoms with Crippen LogP contribution in [0.25, 0.3) is 6.08 Å². The largest absolute Gasteiger partial charge is 0.490 e. The molecule has 1 amide bonds. The Kier molecular flexibility index (Phi) is 8.86. The highest BCUT2D eigenvalue weighted by Gasteiger charge is 2.15. The fourth-order valence-electron chi connectivity index (χ4n) is 2.89. The Labute approximate surface area is 213 Å². The lowest BCUT2D eigenvalue weighted by atomic mass is 10.1. The highest BCUT2D eigenvalue weighted by Crippen LogP contribution is 2.36. The highest BCUT2D eigenvalue weighted by molar-refractivity contribution is 14.1. The van der Waals surface area contributed by atoms with Crippen LogP contribution in [-0.4, -0.2) is 12.5 Å². The summed E-state index contributed by atoms with van der Waals surface area (Å²) in [7, 11) is 0. The maximum Gasteiger partial charge on any atom is 0.266 e. The molecule has 0 saturated heterocycles. The second-order valence-corrected chi connectivity index (χ2v) is 8.79. The van der Waals surface area contributed by atoms with Gasteiger partial charge in [0.1, 0.15) is 24.1 Å². The van der Waals surface area contributed by atoms with Gasteiger partial charge in [-0.05, 0) is 83.6 Å². The van der Waals surface area contributed by atoms with Crippen molar-refractivity contribution in [1.29, 1.82) is 5.26 Å². The molecule has 0 spiro atoms. The number of ether oxygens (including phenoxy) is 2. The average molecular weight is 621 g/mol. The van der Waals surface area contributed by atoms with Gasteiger partial charge in [-0.15, -0.1) is 0 Å². The molecule has 0 aliphatic heterocycles. The zero-order chi connectivity index (χ0) is 23.8. The van der Waals surface area contributed by atoms with Crippen LogP contribution in [0.5, 0.6) is 11.5 Å². The van der Waals surface area contributed by atoms with Crippen LogP contribution in [0.4, 0.5) is 10.1 Å². The molecule has 0 saturated carbocycles. The molecule has 0 aliphatic carbocycles. The van der Waals surface area contributed by atoms with Gasteiger partial charge in [0.2, 0.25) is 0 Å². The van der Waals surface area contributed by atoms with Crippen LogP contribution in [0.2, 0.25) is 0 Å². The molecule has 1 N–H and O–H groups in total. The Morgan fingerprint density at radius 2 is 1.91 bits per heavy atom. The lowest BCUT2D eigenvalue weighted by molar-refractivity contribution is -0.112. The van der Waals surface area contributed by atoms with Crippen LogP contribution >= 0.6 is 38.5 Å². The molecule has 0 atom stereocenters. The number of halogens is 3. The van der Waals surface area contributed by atoms with Gasteiger partial charge in [-0.2, -0.15) is 5.26 Å². The standard InChI is InChI=1S/C25H19BrFIN2O3/c1-2-32-23-13-16(11-18(14-29)25(31)30-20-9-7-19(27)8-10-20)12-22(28)24(23)33-15-17-5-3-4-6-21(17)26/h3-13H,2,15H2,1H3,(H,30,31)/b18-11+. The van der Waals surface area contributed by atoms with Crippen LogP contribution in [0.1, 0.15) is 18.1 Å². The van der Waals surface area contributed by atoms with E-state index in [0.717, 1.165) is 13.6 Å². The summed E-state index contributed by atoms with van der Waals surface area (Å²) >= 11 is 5.65. The Morgan fingerprint density at radius 1 is 1.18 bits per heavy atom. The van der Waals surface area contributed by atoms with Crippen molar-refractivity contribution in [2.45, 2.75) is 13.5 Å². The number of hydrogen-bond donors (Lipinski definition) is 1. The van der Waals surface area contributed by atoms with E-state index in [1.54, 1.807) is 12.1 Å². The summed E-state index contributed by atoms with van der Waals surface area (Å²) in [5, 5.41) is 12.1. The molecule has 0 aromatic heterocycles. The van der Waals surface area contributed by atoms with Gasteiger partial charge in [0.05, 0.1) is 10.2 Å². The fourth-order valence-corrected chi connectivity index (χ4v) is 4.07. The Morgan fingerprint density at radius 3 is 2.58 bits per heavy atom. The molecule has 3 aromatic rings. The number of carbonyl (C=O) groups is 1. The van der Waals surface area contributed by atoms with Gasteiger partial charge in [-0.25, -0.2) is 4.39 Å². The Bertz CT molecular complexity index is 1220. The predicted molar refractivity (Wildman–Crippen MR) is 137 cm³/mol. The topological polar surface area (TPSA) is 71.3 Å². The second-order valence-electron chi connectivity index (χ2n) is 6.77. The van der Waals surface area contributed by atoms with E-state index in [1.165, 1.54) is 30.3 Å². The summed E-state index contributed by atoms with van der Waals surface area (Å²) in [6, 6.07) is 18.5. The molecule has 33 heavy (non-hydrogen) atoms. The Balaban J connectivity index is 1.85. The molecule has 0 bridgehead atoms. The van der Waals surface area contributed by atoms with E-state index in [1.807, 2.05) is 37.3 Å². The van der Waals surface area contributed by atoms with Gasteiger partial charge in [-0.3, -0.25) is 4.79 Å². The molecular weight excluding hydrogens is 602 g/mol. The maximum atomic E-state index is 13.1. The molecule has 3 aromatic carbocycles. The number of benzene rings is 3. The maximum absolute atomic E-state index is 13.1. The van der Waals surface area contributed by atoms with Crippen LogP contribution in [0, 0.1) is 20.7 Å². The highest BCUT2D eigenvalue weighted by atomic mass is 127. The van der Waals surface area contributed by atoms with E-state index in [0.29, 0.717) is 36.0 Å². The molecule has 5 nitrogen and oxygen atoms in total. The van der Waals surface area contributed by atoms with E-state index >= 15 is 0 Å². The number of carbonyl (C=O) groups excluding carboxylic acids is 1. The summed E-state index contributed by atoms with van der Waals surface area (Å²) in [5.41, 5.74) is 1.90. The van der Waals surface area contributed by atoms with Crippen LogP contribution in [0.15, 0.2) is 70.7 Å². The minimum atomic E-state index is -0.591. The third-order valence-electron chi connectivity index (χ3n) is 4.44. The molecule has 0 unspecified atom stereocenters. The Hall–Kier alpha value is -2.90. The summed E-state index contributed by atoms with van der Waals surface area (Å²) in [5.74, 6) is 0.0916. The summed E-state index contributed by atoms with van der Waals surface area (Å²) in [4.78, 5) is 12.5. The second kappa shape index (κ2) is 11.8. The zero-order valence-corrected chi connectivity index (χ0v) is 21.3. The molecule has 3 rings (SSSR count). The van der Waals surface area contributed by atoms with Crippen LogP contribution in [-0.2, 0) is 11.4 Å². The van der Waals surface area contributed by atoms with Gasteiger partial charge >= 0.3 is 0 Å². The van der Waals surface area contributed by atoms with Crippen molar-refractivity contribution in [1.82, 2.24) is 0 Å². The summed E-state index contributed by atoms with van der Waals surface area (Å²) in [6.45, 7) is 2.63. The van der Waals surface area contributed by atoms with E-state index < -0.39 is 11.7 Å². The van der Waals surface area contributed by atoms with Crippen molar-refractivity contribution >= 4 is 56.2 Å². The van der Waals surface area contributed by atoms with Crippen molar-refractivity contribution in [2.24, 2.45) is 0 Å². The number of nitrogens with zero attached hydrogens (tertiary/aromatic N) is 1. The van der Waals surface area contributed by atoms with Gasteiger partial charge in [0.25, 0.3) is 5.91 Å². The normalized spacial score (nSPS) is 10.9. The summed E-state index contributed by atoms with van der Waals surface area (Å²) in [6.07, 6.45) is 1.47. The number of nitriles is 1. The molecule has 168 valence electrons. The predicted octanol–water partition coefficient (Wildman–Crippen LogP) is 6.72. The first-order valence-corrected chi connectivity index (χ1v) is 11.8. The van der Waals surface area contributed by atoms with Crippen molar-refractivity contribution in [3.05, 3.63) is 91.2 Å². The fraction of sp³-hybridized carbons (Fsp3) is 0.120. The van der Waals surface area contributed by atoms with Crippen molar-refractivity contribution in [2.75, 3.05) is 11.9 Å². The van der Waals surface area contributed by atoms with Crippen molar-refractivity contribution < 1.29 is 18.7 Å². The van der Waals surface area contributed by atoms with E-state index in [4.69, 9.17) is 9.47 Å². The average Bonchev–Trinajstić information content (AvgIpc) is 2.79. The molecule has 0 fully saturated rings. The third-order valence-corrected chi connectivity index (χ3v) is 6.01. The minimum absolute atomic E-state index is 0.0977. The first-order valence-electron chi connectivity index (χ1n) is 9.92. The van der Waals surface area contributed by atoms with Gasteiger partial charge < -0.3 is 14.8 Å². The number of rotatable bonds is 8. The van der Waals surface area contributed by atoms with Crippen LogP contribution < -0.4 is 14.8 Å². The first-order chi connectivity index (χ1) is 15.9. The van der Waals surface area contributed by atoms with Crippen molar-refractivity contribution in [3.63, 3.8) is 0 Å². The molecular formula is C25H19BrFIN2O3. The lowest BCUT2D eigenvalue weighted by Gasteiger charge is -2.15. The number of anilines is 1. The SMILES string of the molecule is CCOc1cc(/C=C(\C#N)C(=O)Nc2ccc(F)cc2)cc(I)c1OCc1ccccc1Br. The number of amides is 1. The monoisotopic (exact) mass is 620 g/mol. The van der Waals surface area contributed by atoms with E-state index in [-0.39, 0.29) is 5.57 Å². The zero-order valence-electron chi connectivity index (χ0n) is 17.6. The van der Waals surface area contributed by atoms with Gasteiger partial charge in [-0.1, -0.05) is 34.1 Å². The van der Waals surface area contributed by atoms with Crippen LogP contribution in [0.3, 0.4) is 0 Å². The first kappa shape index (κ1) is 24.7. The quantitative estimate of drug-likeness (QED) is 0.172. The molecule has 0 aliphatic rings. The van der Waals surface area contributed by atoms with Crippen molar-refractivity contribution in [3.8, 4) is 17.6 Å². The smallest absolute Gasteiger partial charge is 0.266 e.